The molecule has 0 aliphatic carbocycles. The van der Waals surface area contributed by atoms with Gasteiger partial charge in [-0.05, 0) is 18.6 Å². The minimum Gasteiger partial charge on any atom is -0.360 e. The lowest BCUT2D eigenvalue weighted by Crippen LogP contribution is -2.26. The van der Waals surface area contributed by atoms with Crippen molar-refractivity contribution < 1.29 is 4.79 Å². The molecule has 100 valence electrons. The van der Waals surface area contributed by atoms with Gasteiger partial charge in [-0.2, -0.15) is 0 Å². The number of nitrogens with zero attached hydrogens (tertiary/aromatic N) is 4. The quantitative estimate of drug-likeness (QED) is 0.905. The Hall–Kier alpha value is -2.02. The highest BCUT2D eigenvalue weighted by Crippen LogP contribution is 2.19. The minimum absolute atomic E-state index is 0.173. The molecule has 0 atom stereocenters. The van der Waals surface area contributed by atoms with Gasteiger partial charge in [-0.25, -0.2) is 0 Å². The van der Waals surface area contributed by atoms with Gasteiger partial charge in [0.25, 0.3) is 5.91 Å². The lowest BCUT2D eigenvalue weighted by Gasteiger charge is -2.14. The van der Waals surface area contributed by atoms with Crippen LogP contribution >= 0.6 is 11.3 Å². The molecule has 7 heteroatoms. The van der Waals surface area contributed by atoms with Gasteiger partial charge in [0.2, 0.25) is 10.1 Å². The van der Waals surface area contributed by atoms with Crippen molar-refractivity contribution in [3.8, 4) is 0 Å². The smallest absolute Gasteiger partial charge is 0.289 e. The number of rotatable bonds is 5. The Morgan fingerprint density at radius 2 is 2.11 bits per heavy atom. The third-order valence-electron chi connectivity index (χ3n) is 2.49. The maximum absolute atomic E-state index is 12.2. The first-order valence-corrected chi connectivity index (χ1v) is 6.79. The summed E-state index contributed by atoms with van der Waals surface area (Å²) >= 11 is 1.26. The first kappa shape index (κ1) is 13.4. The molecule has 0 aromatic carbocycles. The summed E-state index contributed by atoms with van der Waals surface area (Å²) in [6.07, 6.45) is 4.29. The largest absolute Gasteiger partial charge is 0.360 e. The fourth-order valence-corrected chi connectivity index (χ4v) is 2.19. The van der Waals surface area contributed by atoms with Crippen molar-refractivity contribution in [1.82, 2.24) is 15.2 Å². The molecule has 0 spiro atoms. The summed E-state index contributed by atoms with van der Waals surface area (Å²) in [4.78, 5) is 17.7. The monoisotopic (exact) mass is 277 g/mol. The van der Waals surface area contributed by atoms with Gasteiger partial charge < -0.3 is 10.2 Å². The van der Waals surface area contributed by atoms with Crippen LogP contribution in [0.15, 0.2) is 24.5 Å². The Balaban J connectivity index is 2.09. The Morgan fingerprint density at radius 1 is 1.37 bits per heavy atom. The topological polar surface area (TPSA) is 71.0 Å². The molecule has 19 heavy (non-hydrogen) atoms. The standard InChI is InChI=1S/C12H15N5OS/c1-3-6-14-12-16-15-10(19-12)11(18)17(2)9-4-7-13-8-5-9/h4-5,7-8H,3,6H2,1-2H3,(H,14,16). The number of hydrogen-bond donors (Lipinski definition) is 1. The maximum atomic E-state index is 12.2. The van der Waals surface area contributed by atoms with Crippen LogP contribution in [0.25, 0.3) is 0 Å². The van der Waals surface area contributed by atoms with Crippen LogP contribution in [-0.4, -0.2) is 34.7 Å². The normalized spacial score (nSPS) is 10.2. The molecule has 1 N–H and O–H groups in total. The van der Waals surface area contributed by atoms with Crippen LogP contribution < -0.4 is 10.2 Å². The number of nitrogens with one attached hydrogen (secondary N) is 1. The molecule has 0 saturated heterocycles. The second kappa shape index (κ2) is 6.24. The van der Waals surface area contributed by atoms with Gasteiger partial charge in [-0.1, -0.05) is 18.3 Å². The third kappa shape index (κ3) is 3.25. The molecule has 0 aliphatic heterocycles. The summed E-state index contributed by atoms with van der Waals surface area (Å²) < 4.78 is 0. The van der Waals surface area contributed by atoms with Crippen LogP contribution in [0.5, 0.6) is 0 Å². The van der Waals surface area contributed by atoms with Gasteiger partial charge in [0.1, 0.15) is 0 Å². The van der Waals surface area contributed by atoms with Crippen LogP contribution in [0.2, 0.25) is 0 Å². The fourth-order valence-electron chi connectivity index (χ4n) is 1.44. The molecule has 0 fully saturated rings. The van der Waals surface area contributed by atoms with E-state index in [1.165, 1.54) is 16.2 Å². The minimum atomic E-state index is -0.173. The average Bonchev–Trinajstić information content (AvgIpc) is 2.93. The molecule has 0 bridgehead atoms. The molecule has 1 amide bonds. The van der Waals surface area contributed by atoms with Crippen LogP contribution in [-0.2, 0) is 0 Å². The van der Waals surface area contributed by atoms with Crippen LogP contribution in [0.3, 0.4) is 0 Å². The molecule has 2 aromatic rings. The van der Waals surface area contributed by atoms with E-state index in [2.05, 4.69) is 27.4 Å². The fraction of sp³-hybridized carbons (Fsp3) is 0.333. The molecular formula is C12H15N5OS. The van der Waals surface area contributed by atoms with E-state index >= 15 is 0 Å². The molecule has 2 heterocycles. The second-order valence-electron chi connectivity index (χ2n) is 3.91. The second-order valence-corrected chi connectivity index (χ2v) is 4.89. The van der Waals surface area contributed by atoms with Gasteiger partial charge in [0, 0.05) is 31.7 Å². The predicted octanol–water partition coefficient (Wildman–Crippen LogP) is 2.03. The van der Waals surface area contributed by atoms with Gasteiger partial charge in [0.05, 0.1) is 0 Å². The van der Waals surface area contributed by atoms with Crippen molar-refractivity contribution in [1.29, 1.82) is 0 Å². The van der Waals surface area contributed by atoms with Crippen LogP contribution in [0.1, 0.15) is 23.1 Å². The maximum Gasteiger partial charge on any atom is 0.289 e. The zero-order chi connectivity index (χ0) is 13.7. The first-order valence-electron chi connectivity index (χ1n) is 5.98. The van der Waals surface area contributed by atoms with Crippen molar-refractivity contribution in [2.24, 2.45) is 0 Å². The van der Waals surface area contributed by atoms with E-state index in [4.69, 9.17) is 0 Å². The van der Waals surface area contributed by atoms with Gasteiger partial charge in [-0.15, -0.1) is 10.2 Å². The number of pyridine rings is 1. The predicted molar refractivity (Wildman–Crippen MR) is 75.7 cm³/mol. The Morgan fingerprint density at radius 3 is 2.79 bits per heavy atom. The van der Waals surface area contributed by atoms with Crippen molar-refractivity contribution >= 4 is 28.1 Å². The number of anilines is 2. The van der Waals surface area contributed by atoms with Crippen molar-refractivity contribution in [2.45, 2.75) is 13.3 Å². The Kier molecular flexibility index (Phi) is 4.40. The molecule has 2 aromatic heterocycles. The highest BCUT2D eigenvalue weighted by atomic mass is 32.1. The average molecular weight is 277 g/mol. The molecule has 6 nitrogen and oxygen atoms in total. The van der Waals surface area contributed by atoms with Gasteiger partial charge in [0.15, 0.2) is 0 Å². The summed E-state index contributed by atoms with van der Waals surface area (Å²) in [6, 6.07) is 3.55. The van der Waals surface area contributed by atoms with Gasteiger partial charge in [-0.3, -0.25) is 9.78 Å². The SMILES string of the molecule is CCCNc1nnc(C(=O)N(C)c2ccncc2)s1. The van der Waals surface area contributed by atoms with E-state index in [1.54, 1.807) is 31.6 Å². The zero-order valence-electron chi connectivity index (χ0n) is 10.8. The number of amides is 1. The van der Waals surface area contributed by atoms with E-state index in [-0.39, 0.29) is 5.91 Å². The highest BCUT2D eigenvalue weighted by Gasteiger charge is 2.18. The zero-order valence-corrected chi connectivity index (χ0v) is 11.6. The van der Waals surface area contributed by atoms with Gasteiger partial charge >= 0.3 is 0 Å². The summed E-state index contributed by atoms with van der Waals surface area (Å²) in [5, 5.41) is 12.0. The summed E-state index contributed by atoms with van der Waals surface area (Å²) in [5.74, 6) is -0.173. The van der Waals surface area contributed by atoms with Crippen LogP contribution in [0.4, 0.5) is 10.8 Å². The summed E-state index contributed by atoms with van der Waals surface area (Å²) in [7, 11) is 1.71. The van der Waals surface area contributed by atoms with E-state index in [9.17, 15) is 4.79 Å². The molecule has 2 rings (SSSR count). The summed E-state index contributed by atoms with van der Waals surface area (Å²) in [6.45, 7) is 2.89. The van der Waals surface area contributed by atoms with E-state index in [0.717, 1.165) is 18.7 Å². The third-order valence-corrected chi connectivity index (χ3v) is 3.36. The first-order chi connectivity index (χ1) is 9.22. The number of hydrogen-bond acceptors (Lipinski definition) is 6. The van der Waals surface area contributed by atoms with Crippen molar-refractivity contribution in [3.63, 3.8) is 0 Å². The molecule has 0 unspecified atom stereocenters. The van der Waals surface area contributed by atoms with E-state index in [1.807, 2.05) is 0 Å². The number of aromatic nitrogens is 3. The molecule has 0 radical (unpaired) electrons. The Labute approximate surface area is 115 Å². The number of carbonyl (C=O) groups excluding carboxylic acids is 1. The number of carbonyl (C=O) groups is 1. The van der Waals surface area contributed by atoms with Crippen molar-refractivity contribution in [3.05, 3.63) is 29.5 Å². The summed E-state index contributed by atoms with van der Waals surface area (Å²) in [5.41, 5.74) is 0.776. The van der Waals surface area contributed by atoms with Crippen LogP contribution in [0, 0.1) is 0 Å². The lowest BCUT2D eigenvalue weighted by atomic mass is 10.3. The molecule has 0 saturated carbocycles. The van der Waals surface area contributed by atoms with E-state index in [0.29, 0.717) is 10.1 Å². The molecular weight excluding hydrogens is 262 g/mol. The van der Waals surface area contributed by atoms with Crippen molar-refractivity contribution in [2.75, 3.05) is 23.8 Å². The highest BCUT2D eigenvalue weighted by molar-refractivity contribution is 7.17. The molecule has 0 aliphatic rings. The lowest BCUT2D eigenvalue weighted by molar-refractivity contribution is 0.0992. The van der Waals surface area contributed by atoms with E-state index < -0.39 is 0 Å². The Bertz CT molecular complexity index is 542.